The van der Waals surface area contributed by atoms with Crippen molar-refractivity contribution in [1.29, 1.82) is 0 Å². The summed E-state index contributed by atoms with van der Waals surface area (Å²) in [5, 5.41) is 3.29. The summed E-state index contributed by atoms with van der Waals surface area (Å²) >= 11 is 0. The molecule has 0 aliphatic heterocycles. The average molecular weight is 261 g/mol. The molecule has 19 heavy (non-hydrogen) atoms. The van der Waals surface area contributed by atoms with Crippen LogP contribution in [-0.4, -0.2) is 17.1 Å². The molecule has 0 radical (unpaired) electrons. The third kappa shape index (κ3) is 3.48. The number of methoxy groups -OCH3 is 1. The molecule has 1 N–H and O–H groups in total. The highest BCUT2D eigenvalue weighted by Gasteiger charge is 2.09. The molecule has 4 nitrogen and oxygen atoms in total. The Bertz CT molecular complexity index is 533. The molecule has 0 saturated carbocycles. The summed E-state index contributed by atoms with van der Waals surface area (Å²) in [7, 11) is 1.45. The molecule has 5 heteroatoms. The summed E-state index contributed by atoms with van der Waals surface area (Å²) < 4.78 is 18.5. The minimum atomic E-state index is -0.350. The van der Waals surface area contributed by atoms with Crippen molar-refractivity contribution in [2.45, 2.75) is 19.5 Å². The van der Waals surface area contributed by atoms with Crippen LogP contribution in [0.4, 0.5) is 4.39 Å². The van der Waals surface area contributed by atoms with Crippen molar-refractivity contribution >= 4 is 0 Å². The first-order chi connectivity index (χ1) is 9.20. The summed E-state index contributed by atoms with van der Waals surface area (Å²) in [5.41, 5.74) is 1.86. The molecule has 1 aromatic carbocycles. The van der Waals surface area contributed by atoms with E-state index >= 15 is 0 Å². The van der Waals surface area contributed by atoms with Gasteiger partial charge in [0.1, 0.15) is 6.33 Å². The Morgan fingerprint density at radius 3 is 2.68 bits per heavy atom. The van der Waals surface area contributed by atoms with Crippen LogP contribution in [-0.2, 0) is 6.54 Å². The Morgan fingerprint density at radius 1 is 1.32 bits per heavy atom. The first-order valence-electron chi connectivity index (χ1n) is 6.01. The molecule has 1 heterocycles. The molecule has 2 rings (SSSR count). The zero-order chi connectivity index (χ0) is 13.7. The summed E-state index contributed by atoms with van der Waals surface area (Å²) in [6, 6.07) is 4.99. The molecule has 0 spiro atoms. The van der Waals surface area contributed by atoms with Crippen molar-refractivity contribution in [3.05, 3.63) is 53.9 Å². The van der Waals surface area contributed by atoms with Crippen LogP contribution in [0.3, 0.4) is 0 Å². The van der Waals surface area contributed by atoms with E-state index in [1.165, 1.54) is 19.5 Å². The second kappa shape index (κ2) is 6.24. The van der Waals surface area contributed by atoms with Gasteiger partial charge in [-0.2, -0.15) is 0 Å². The Balaban J connectivity index is 2.00. The molecule has 1 unspecified atom stereocenters. The molecule has 0 aliphatic rings. The lowest BCUT2D eigenvalue weighted by Gasteiger charge is -2.15. The van der Waals surface area contributed by atoms with E-state index < -0.39 is 0 Å². The van der Waals surface area contributed by atoms with Gasteiger partial charge in [-0.05, 0) is 24.6 Å². The second-order valence-electron chi connectivity index (χ2n) is 4.24. The predicted molar refractivity (Wildman–Crippen MR) is 70.2 cm³/mol. The fourth-order valence-electron chi connectivity index (χ4n) is 1.76. The van der Waals surface area contributed by atoms with Gasteiger partial charge >= 0.3 is 0 Å². The minimum absolute atomic E-state index is 0.0283. The van der Waals surface area contributed by atoms with E-state index in [4.69, 9.17) is 4.74 Å². The van der Waals surface area contributed by atoms with E-state index in [1.807, 2.05) is 13.0 Å². The summed E-state index contributed by atoms with van der Waals surface area (Å²) in [6.45, 7) is 2.61. The lowest BCUT2D eigenvalue weighted by molar-refractivity contribution is 0.385. The van der Waals surface area contributed by atoms with Gasteiger partial charge < -0.3 is 10.1 Å². The van der Waals surface area contributed by atoms with Crippen molar-refractivity contribution in [1.82, 2.24) is 15.3 Å². The summed E-state index contributed by atoms with van der Waals surface area (Å²) in [5.74, 6) is -0.0934. The largest absolute Gasteiger partial charge is 0.494 e. The maximum atomic E-state index is 13.6. The monoisotopic (exact) mass is 261 g/mol. The van der Waals surface area contributed by atoms with Gasteiger partial charge in [0.05, 0.1) is 7.11 Å². The molecule has 2 aromatic rings. The number of hydrogen-bond acceptors (Lipinski definition) is 4. The lowest BCUT2D eigenvalue weighted by Crippen LogP contribution is -2.18. The molecular weight excluding hydrogens is 245 g/mol. The molecular formula is C14H16FN3O. The molecule has 0 amide bonds. The minimum Gasteiger partial charge on any atom is -0.494 e. The Hall–Kier alpha value is -2.01. The number of rotatable bonds is 5. The fourth-order valence-corrected chi connectivity index (χ4v) is 1.76. The first-order valence-corrected chi connectivity index (χ1v) is 6.01. The number of hydrogen-bond donors (Lipinski definition) is 1. The summed E-state index contributed by atoms with van der Waals surface area (Å²) in [6.07, 6.45) is 4.99. The van der Waals surface area contributed by atoms with Crippen molar-refractivity contribution in [2.75, 3.05) is 7.11 Å². The number of halogens is 1. The van der Waals surface area contributed by atoms with E-state index in [9.17, 15) is 4.39 Å². The fraction of sp³-hybridized carbons (Fsp3) is 0.286. The van der Waals surface area contributed by atoms with Gasteiger partial charge in [0.15, 0.2) is 11.6 Å². The van der Waals surface area contributed by atoms with Gasteiger partial charge in [0.2, 0.25) is 0 Å². The van der Waals surface area contributed by atoms with Crippen molar-refractivity contribution in [3.63, 3.8) is 0 Å². The van der Waals surface area contributed by atoms with Gasteiger partial charge in [0.25, 0.3) is 0 Å². The zero-order valence-electron chi connectivity index (χ0n) is 10.9. The highest BCUT2D eigenvalue weighted by atomic mass is 19.1. The van der Waals surface area contributed by atoms with Crippen LogP contribution in [0.15, 0.2) is 36.9 Å². The van der Waals surface area contributed by atoms with Crippen LogP contribution in [0.1, 0.15) is 24.1 Å². The van der Waals surface area contributed by atoms with Gasteiger partial charge in [-0.25, -0.2) is 14.4 Å². The molecule has 0 bridgehead atoms. The number of nitrogens with zero attached hydrogens (tertiary/aromatic N) is 2. The van der Waals surface area contributed by atoms with E-state index in [0.29, 0.717) is 6.54 Å². The van der Waals surface area contributed by atoms with Crippen LogP contribution in [0, 0.1) is 5.82 Å². The van der Waals surface area contributed by atoms with Crippen LogP contribution in [0.5, 0.6) is 5.75 Å². The standard InChI is InChI=1S/C14H16FN3O/c1-10(18-8-11-6-16-9-17-7-11)12-3-4-14(19-2)13(15)5-12/h3-7,9-10,18H,8H2,1-2H3. The highest BCUT2D eigenvalue weighted by molar-refractivity contribution is 5.30. The van der Waals surface area contributed by atoms with Crippen molar-refractivity contribution in [3.8, 4) is 5.75 Å². The number of nitrogens with one attached hydrogen (secondary N) is 1. The Labute approximate surface area is 111 Å². The molecule has 100 valence electrons. The normalized spacial score (nSPS) is 12.2. The van der Waals surface area contributed by atoms with E-state index in [2.05, 4.69) is 15.3 Å². The average Bonchev–Trinajstić information content (AvgIpc) is 2.45. The Kier molecular flexibility index (Phi) is 4.41. The van der Waals surface area contributed by atoms with E-state index in [1.54, 1.807) is 18.5 Å². The van der Waals surface area contributed by atoms with E-state index in [0.717, 1.165) is 11.1 Å². The molecule has 0 saturated heterocycles. The third-order valence-electron chi connectivity index (χ3n) is 2.90. The smallest absolute Gasteiger partial charge is 0.165 e. The number of aromatic nitrogens is 2. The van der Waals surface area contributed by atoms with Crippen molar-refractivity contribution in [2.24, 2.45) is 0 Å². The van der Waals surface area contributed by atoms with Gasteiger partial charge in [-0.3, -0.25) is 0 Å². The quantitative estimate of drug-likeness (QED) is 0.898. The Morgan fingerprint density at radius 2 is 2.05 bits per heavy atom. The van der Waals surface area contributed by atoms with Crippen LogP contribution in [0.2, 0.25) is 0 Å². The zero-order valence-corrected chi connectivity index (χ0v) is 10.9. The van der Waals surface area contributed by atoms with Gasteiger partial charge in [0, 0.05) is 30.5 Å². The molecule has 0 fully saturated rings. The lowest BCUT2D eigenvalue weighted by atomic mass is 10.1. The highest BCUT2D eigenvalue weighted by Crippen LogP contribution is 2.21. The SMILES string of the molecule is COc1ccc(C(C)NCc2cncnc2)cc1F. The van der Waals surface area contributed by atoms with Crippen LogP contribution < -0.4 is 10.1 Å². The van der Waals surface area contributed by atoms with Crippen LogP contribution >= 0.6 is 0 Å². The maximum Gasteiger partial charge on any atom is 0.165 e. The topological polar surface area (TPSA) is 47.0 Å². The van der Waals surface area contributed by atoms with Gasteiger partial charge in [-0.15, -0.1) is 0 Å². The predicted octanol–water partition coefficient (Wildman–Crippen LogP) is 2.48. The molecule has 1 atom stereocenters. The molecule has 0 aliphatic carbocycles. The van der Waals surface area contributed by atoms with E-state index in [-0.39, 0.29) is 17.6 Å². The number of benzene rings is 1. The molecule has 1 aromatic heterocycles. The third-order valence-corrected chi connectivity index (χ3v) is 2.90. The van der Waals surface area contributed by atoms with Crippen molar-refractivity contribution < 1.29 is 9.13 Å². The maximum absolute atomic E-state index is 13.6. The summed E-state index contributed by atoms with van der Waals surface area (Å²) in [4.78, 5) is 7.89. The second-order valence-corrected chi connectivity index (χ2v) is 4.24. The van der Waals surface area contributed by atoms with Gasteiger partial charge in [-0.1, -0.05) is 6.07 Å². The van der Waals surface area contributed by atoms with Crippen LogP contribution in [0.25, 0.3) is 0 Å². The number of ether oxygens (including phenoxy) is 1. The first kappa shape index (κ1) is 13.4.